The Kier molecular flexibility index (Phi) is 4.31. The minimum Gasteiger partial charge on any atom is -0.322 e. The Morgan fingerprint density at radius 3 is 2.77 bits per heavy atom. The molecule has 1 N–H and O–H groups in total. The number of pyridine rings is 2. The molecule has 0 fully saturated rings. The summed E-state index contributed by atoms with van der Waals surface area (Å²) in [5, 5.41) is 3.46. The molecule has 26 heavy (non-hydrogen) atoms. The quantitative estimate of drug-likeness (QED) is 0.770. The summed E-state index contributed by atoms with van der Waals surface area (Å²) in [7, 11) is 0. The largest absolute Gasteiger partial charge is 0.322 e. The average Bonchev–Trinajstić information content (AvgIpc) is 3.08. The maximum Gasteiger partial charge on any atom is 0.263 e. The van der Waals surface area contributed by atoms with Crippen molar-refractivity contribution < 1.29 is 4.79 Å². The van der Waals surface area contributed by atoms with Crippen LogP contribution >= 0.6 is 11.6 Å². The van der Waals surface area contributed by atoms with Gasteiger partial charge in [-0.15, -0.1) is 0 Å². The summed E-state index contributed by atoms with van der Waals surface area (Å²) in [5.74, 6) is -0.431. The summed E-state index contributed by atoms with van der Waals surface area (Å²) in [6, 6.07) is 12.3. The van der Waals surface area contributed by atoms with Crippen LogP contribution in [0.1, 0.15) is 33.9 Å². The molecule has 2 heterocycles. The SMILES string of the molecule is O=C(Nc1ccncc1)c1cccn(C2CCc3c(Cl)cccc32)c1=O. The van der Waals surface area contributed by atoms with E-state index in [-0.39, 0.29) is 17.2 Å². The van der Waals surface area contributed by atoms with Crippen LogP contribution in [0.25, 0.3) is 0 Å². The molecule has 1 amide bonds. The molecule has 4 rings (SSSR count). The summed E-state index contributed by atoms with van der Waals surface area (Å²) < 4.78 is 1.63. The van der Waals surface area contributed by atoms with E-state index in [4.69, 9.17) is 11.6 Å². The first kappa shape index (κ1) is 16.5. The van der Waals surface area contributed by atoms with Crippen LogP contribution in [-0.2, 0) is 6.42 Å². The van der Waals surface area contributed by atoms with Gasteiger partial charge in [0, 0.05) is 29.3 Å². The van der Waals surface area contributed by atoms with Gasteiger partial charge in [-0.1, -0.05) is 23.7 Å². The van der Waals surface area contributed by atoms with Gasteiger partial charge in [-0.05, 0) is 54.3 Å². The van der Waals surface area contributed by atoms with Gasteiger partial charge in [-0.3, -0.25) is 14.6 Å². The van der Waals surface area contributed by atoms with E-state index in [1.807, 2.05) is 18.2 Å². The van der Waals surface area contributed by atoms with Crippen molar-refractivity contribution in [3.63, 3.8) is 0 Å². The smallest absolute Gasteiger partial charge is 0.263 e. The number of nitrogens with zero attached hydrogens (tertiary/aromatic N) is 2. The summed E-state index contributed by atoms with van der Waals surface area (Å²) >= 11 is 6.28. The van der Waals surface area contributed by atoms with Crippen LogP contribution < -0.4 is 10.9 Å². The molecule has 2 aromatic heterocycles. The molecule has 0 saturated heterocycles. The van der Waals surface area contributed by atoms with Gasteiger partial charge in [0.15, 0.2) is 0 Å². The van der Waals surface area contributed by atoms with Gasteiger partial charge in [0.2, 0.25) is 0 Å². The molecule has 0 radical (unpaired) electrons. The van der Waals surface area contributed by atoms with E-state index in [1.165, 1.54) is 0 Å². The first-order chi connectivity index (χ1) is 12.6. The highest BCUT2D eigenvalue weighted by atomic mass is 35.5. The number of amides is 1. The standard InChI is InChI=1S/C20H16ClN3O2/c21-17-5-1-3-15-14(17)6-7-18(15)24-12-2-4-16(20(24)26)19(25)23-13-8-10-22-11-9-13/h1-5,8-12,18H,6-7H2,(H,22,23,25). The number of benzene rings is 1. The van der Waals surface area contributed by atoms with E-state index in [0.29, 0.717) is 5.69 Å². The van der Waals surface area contributed by atoms with E-state index in [9.17, 15) is 9.59 Å². The molecule has 130 valence electrons. The van der Waals surface area contributed by atoms with Crippen molar-refractivity contribution in [2.75, 3.05) is 5.32 Å². The average molecular weight is 366 g/mol. The molecule has 3 aromatic rings. The summed E-state index contributed by atoms with van der Waals surface area (Å²) in [5.41, 5.74) is 2.53. The normalized spacial score (nSPS) is 15.5. The Morgan fingerprint density at radius 1 is 1.15 bits per heavy atom. The second kappa shape index (κ2) is 6.77. The molecule has 0 spiro atoms. The van der Waals surface area contributed by atoms with Crippen molar-refractivity contribution in [3.05, 3.63) is 93.1 Å². The van der Waals surface area contributed by atoms with Crippen molar-refractivity contribution in [1.29, 1.82) is 0 Å². The molecule has 1 unspecified atom stereocenters. The molecule has 0 saturated carbocycles. The predicted octanol–water partition coefficient (Wildman–Crippen LogP) is 3.68. The lowest BCUT2D eigenvalue weighted by molar-refractivity contribution is 0.102. The van der Waals surface area contributed by atoms with Crippen molar-refractivity contribution in [2.24, 2.45) is 0 Å². The van der Waals surface area contributed by atoms with Crippen LogP contribution in [-0.4, -0.2) is 15.5 Å². The topological polar surface area (TPSA) is 64.0 Å². The fraction of sp³-hybridized carbons (Fsp3) is 0.150. The third-order valence-electron chi connectivity index (χ3n) is 4.67. The Hall–Kier alpha value is -2.92. The first-order valence-electron chi connectivity index (χ1n) is 8.35. The minimum atomic E-state index is -0.431. The summed E-state index contributed by atoms with van der Waals surface area (Å²) in [4.78, 5) is 29.4. The zero-order chi connectivity index (χ0) is 18.1. The van der Waals surface area contributed by atoms with Crippen molar-refractivity contribution in [3.8, 4) is 0 Å². The van der Waals surface area contributed by atoms with Gasteiger partial charge in [-0.25, -0.2) is 0 Å². The molecule has 1 aliphatic carbocycles. The third-order valence-corrected chi connectivity index (χ3v) is 5.03. The number of nitrogens with one attached hydrogen (secondary N) is 1. The van der Waals surface area contributed by atoms with Crippen molar-refractivity contribution in [2.45, 2.75) is 18.9 Å². The summed E-state index contributed by atoms with van der Waals surface area (Å²) in [6.45, 7) is 0. The van der Waals surface area contributed by atoms with Gasteiger partial charge in [0.25, 0.3) is 11.5 Å². The van der Waals surface area contributed by atoms with Crippen molar-refractivity contribution in [1.82, 2.24) is 9.55 Å². The number of rotatable bonds is 3. The van der Waals surface area contributed by atoms with Crippen LogP contribution in [0.15, 0.2) is 65.8 Å². The molecule has 0 aliphatic heterocycles. The lowest BCUT2D eigenvalue weighted by Gasteiger charge is -2.16. The predicted molar refractivity (Wildman–Crippen MR) is 101 cm³/mol. The Bertz CT molecular complexity index is 1030. The van der Waals surface area contributed by atoms with E-state index in [0.717, 1.165) is 29.0 Å². The number of fused-ring (bicyclic) bond motifs is 1. The summed E-state index contributed by atoms with van der Waals surface area (Å²) in [6.07, 6.45) is 6.50. The van der Waals surface area contributed by atoms with Gasteiger partial charge < -0.3 is 9.88 Å². The highest BCUT2D eigenvalue weighted by Gasteiger charge is 2.27. The fourth-order valence-electron chi connectivity index (χ4n) is 3.44. The molecule has 1 aliphatic rings. The number of aromatic nitrogens is 2. The lowest BCUT2D eigenvalue weighted by Crippen LogP contribution is -2.30. The van der Waals surface area contributed by atoms with Crippen LogP contribution in [0.5, 0.6) is 0 Å². The van der Waals surface area contributed by atoms with E-state index >= 15 is 0 Å². The number of anilines is 1. The highest BCUT2D eigenvalue weighted by molar-refractivity contribution is 6.31. The van der Waals surface area contributed by atoms with Crippen LogP contribution in [0, 0.1) is 0 Å². The van der Waals surface area contributed by atoms with Crippen LogP contribution in [0.3, 0.4) is 0 Å². The lowest BCUT2D eigenvalue weighted by atomic mass is 10.1. The van der Waals surface area contributed by atoms with E-state index in [1.54, 1.807) is 47.4 Å². The zero-order valence-electron chi connectivity index (χ0n) is 13.9. The number of carbonyl (C=O) groups is 1. The second-order valence-corrected chi connectivity index (χ2v) is 6.59. The Morgan fingerprint density at radius 2 is 1.96 bits per heavy atom. The molecule has 0 bridgehead atoms. The van der Waals surface area contributed by atoms with Gasteiger partial charge in [0.1, 0.15) is 5.56 Å². The highest BCUT2D eigenvalue weighted by Crippen LogP contribution is 2.37. The number of carbonyl (C=O) groups excluding carboxylic acids is 1. The van der Waals surface area contributed by atoms with Crippen molar-refractivity contribution >= 4 is 23.2 Å². The molecule has 1 aromatic carbocycles. The van der Waals surface area contributed by atoms with Crippen LogP contribution in [0.4, 0.5) is 5.69 Å². The zero-order valence-corrected chi connectivity index (χ0v) is 14.6. The number of hydrogen-bond donors (Lipinski definition) is 1. The van der Waals surface area contributed by atoms with Gasteiger partial charge >= 0.3 is 0 Å². The number of hydrogen-bond acceptors (Lipinski definition) is 3. The van der Waals surface area contributed by atoms with E-state index in [2.05, 4.69) is 10.3 Å². The Balaban J connectivity index is 1.69. The third kappa shape index (κ3) is 2.91. The van der Waals surface area contributed by atoms with Crippen LogP contribution in [0.2, 0.25) is 5.02 Å². The van der Waals surface area contributed by atoms with Gasteiger partial charge in [-0.2, -0.15) is 0 Å². The molecule has 5 nitrogen and oxygen atoms in total. The maximum absolute atomic E-state index is 12.9. The first-order valence-corrected chi connectivity index (χ1v) is 8.73. The van der Waals surface area contributed by atoms with Gasteiger partial charge in [0.05, 0.1) is 6.04 Å². The molecule has 6 heteroatoms. The Labute approximate surface area is 155 Å². The molecular formula is C20H16ClN3O2. The minimum absolute atomic E-state index is 0.107. The van der Waals surface area contributed by atoms with E-state index < -0.39 is 5.91 Å². The monoisotopic (exact) mass is 365 g/mol. The maximum atomic E-state index is 12.9. The number of halogens is 1. The molecule has 1 atom stereocenters. The second-order valence-electron chi connectivity index (χ2n) is 6.19. The fourth-order valence-corrected chi connectivity index (χ4v) is 3.72. The molecular weight excluding hydrogens is 350 g/mol.